The maximum atomic E-state index is 12.4. The summed E-state index contributed by atoms with van der Waals surface area (Å²) in [5.74, 6) is -1.01. The molecule has 156 valence electrons. The van der Waals surface area contributed by atoms with Gasteiger partial charge in [0.2, 0.25) is 21.8 Å². The number of rotatable bonds is 8. The molecule has 0 unspecified atom stereocenters. The van der Waals surface area contributed by atoms with E-state index in [1.807, 2.05) is 0 Å². The molecular formula is C20H21N5O4S. The summed E-state index contributed by atoms with van der Waals surface area (Å²) < 4.78 is 27.5. The van der Waals surface area contributed by atoms with Gasteiger partial charge in [0.15, 0.2) is 0 Å². The number of carbonyl (C=O) groups is 2. The first-order valence-electron chi connectivity index (χ1n) is 9.04. The predicted octanol–water partition coefficient (Wildman–Crippen LogP) is 1.25. The summed E-state index contributed by atoms with van der Waals surface area (Å²) in [6, 6.07) is 16.7. The van der Waals surface area contributed by atoms with E-state index in [1.165, 1.54) is 19.2 Å². The van der Waals surface area contributed by atoms with Gasteiger partial charge in [0.05, 0.1) is 23.7 Å². The molecule has 0 radical (unpaired) electrons. The molecule has 0 aliphatic carbocycles. The highest BCUT2D eigenvalue weighted by Gasteiger charge is 2.22. The summed E-state index contributed by atoms with van der Waals surface area (Å²) >= 11 is 0. The average Bonchev–Trinajstić information content (AvgIpc) is 3.28. The second-order valence-electron chi connectivity index (χ2n) is 6.40. The lowest BCUT2D eigenvalue weighted by Gasteiger charge is -2.16. The molecule has 0 saturated heterocycles. The summed E-state index contributed by atoms with van der Waals surface area (Å²) in [4.78, 5) is 24.2. The van der Waals surface area contributed by atoms with E-state index >= 15 is 0 Å². The summed E-state index contributed by atoms with van der Waals surface area (Å²) in [5.41, 5.74) is 1.41. The van der Waals surface area contributed by atoms with Gasteiger partial charge in [-0.3, -0.25) is 9.59 Å². The van der Waals surface area contributed by atoms with Gasteiger partial charge in [-0.15, -0.1) is 0 Å². The Kier molecular flexibility index (Phi) is 6.60. The van der Waals surface area contributed by atoms with Crippen LogP contribution >= 0.6 is 0 Å². The van der Waals surface area contributed by atoms with Crippen molar-refractivity contribution < 1.29 is 18.0 Å². The first-order valence-corrected chi connectivity index (χ1v) is 10.5. The first-order chi connectivity index (χ1) is 14.4. The number of nitrogens with zero attached hydrogens (tertiary/aromatic N) is 3. The van der Waals surface area contributed by atoms with E-state index in [1.54, 1.807) is 65.6 Å². The fourth-order valence-electron chi connectivity index (χ4n) is 2.62. The molecule has 0 aliphatic heterocycles. The molecule has 2 N–H and O–H groups in total. The molecule has 30 heavy (non-hydrogen) atoms. The fraction of sp³-hybridized carbons (Fsp3) is 0.150. The number of sulfonamides is 1. The van der Waals surface area contributed by atoms with Crippen molar-refractivity contribution in [3.63, 3.8) is 0 Å². The smallest absolute Gasteiger partial charge is 0.243 e. The third kappa shape index (κ3) is 5.31. The Hall–Kier alpha value is -3.50. The lowest BCUT2D eigenvalue weighted by Crippen LogP contribution is -2.41. The Bertz CT molecular complexity index is 1100. The van der Waals surface area contributed by atoms with Crippen LogP contribution in [-0.2, 0) is 19.6 Å². The summed E-state index contributed by atoms with van der Waals surface area (Å²) in [6.45, 7) is -0.679. The van der Waals surface area contributed by atoms with Gasteiger partial charge < -0.3 is 10.6 Å². The Labute approximate surface area is 174 Å². The molecule has 9 nitrogen and oxygen atoms in total. The Morgan fingerprint density at radius 1 is 1.00 bits per heavy atom. The third-order valence-electron chi connectivity index (χ3n) is 4.18. The standard InChI is InChI=1S/C20H21N5O4S/c1-24(30(28,29)18-6-3-2-4-7-18)15-20(27)21-14-19(26)23-16-8-10-17(11-9-16)25-13-5-12-22-25/h2-13H,14-15H2,1H3,(H,21,27)(H,23,26). The number of hydrogen-bond donors (Lipinski definition) is 2. The minimum atomic E-state index is -3.78. The Balaban J connectivity index is 1.48. The topological polar surface area (TPSA) is 113 Å². The van der Waals surface area contributed by atoms with Crippen LogP contribution in [0, 0.1) is 0 Å². The second kappa shape index (κ2) is 9.33. The van der Waals surface area contributed by atoms with E-state index in [4.69, 9.17) is 0 Å². The molecule has 0 saturated carbocycles. The zero-order valence-electron chi connectivity index (χ0n) is 16.2. The number of carbonyl (C=O) groups excluding carboxylic acids is 2. The van der Waals surface area contributed by atoms with Crippen molar-refractivity contribution in [1.29, 1.82) is 0 Å². The number of hydrogen-bond acceptors (Lipinski definition) is 5. The molecule has 0 aliphatic rings. The van der Waals surface area contributed by atoms with Gasteiger partial charge in [0, 0.05) is 25.1 Å². The molecule has 0 spiro atoms. The predicted molar refractivity (Wildman–Crippen MR) is 111 cm³/mol. The van der Waals surface area contributed by atoms with Crippen molar-refractivity contribution in [2.75, 3.05) is 25.5 Å². The molecule has 1 heterocycles. The third-order valence-corrected chi connectivity index (χ3v) is 6.00. The van der Waals surface area contributed by atoms with Crippen molar-refractivity contribution in [1.82, 2.24) is 19.4 Å². The van der Waals surface area contributed by atoms with Gasteiger partial charge in [-0.2, -0.15) is 9.40 Å². The minimum Gasteiger partial charge on any atom is -0.346 e. The number of aromatic nitrogens is 2. The Morgan fingerprint density at radius 3 is 2.33 bits per heavy atom. The van der Waals surface area contributed by atoms with Crippen LogP contribution in [0.1, 0.15) is 0 Å². The molecule has 3 rings (SSSR count). The number of anilines is 1. The average molecular weight is 427 g/mol. The van der Waals surface area contributed by atoms with Gasteiger partial charge in [-0.1, -0.05) is 18.2 Å². The maximum absolute atomic E-state index is 12.4. The largest absolute Gasteiger partial charge is 0.346 e. The highest BCUT2D eigenvalue weighted by Crippen LogP contribution is 2.13. The zero-order valence-corrected chi connectivity index (χ0v) is 17.0. The van der Waals surface area contributed by atoms with Crippen LogP contribution in [0.15, 0.2) is 78.0 Å². The van der Waals surface area contributed by atoms with Crippen molar-refractivity contribution in [2.24, 2.45) is 0 Å². The van der Waals surface area contributed by atoms with E-state index in [2.05, 4.69) is 15.7 Å². The summed E-state index contributed by atoms with van der Waals surface area (Å²) in [5, 5.41) is 9.20. The fourth-order valence-corrected chi connectivity index (χ4v) is 3.77. The van der Waals surface area contributed by atoms with Gasteiger partial charge in [-0.25, -0.2) is 13.1 Å². The number of benzene rings is 2. The summed E-state index contributed by atoms with van der Waals surface area (Å²) in [6.07, 6.45) is 3.47. The molecular weight excluding hydrogens is 406 g/mol. The highest BCUT2D eigenvalue weighted by molar-refractivity contribution is 7.89. The molecule has 1 aromatic heterocycles. The monoisotopic (exact) mass is 427 g/mol. The zero-order chi connectivity index (χ0) is 21.6. The van der Waals surface area contributed by atoms with Crippen LogP contribution in [-0.4, -0.2) is 54.5 Å². The maximum Gasteiger partial charge on any atom is 0.243 e. The number of amides is 2. The van der Waals surface area contributed by atoms with E-state index in [9.17, 15) is 18.0 Å². The molecule has 0 atom stereocenters. The molecule has 2 aromatic carbocycles. The lowest BCUT2D eigenvalue weighted by atomic mass is 10.3. The minimum absolute atomic E-state index is 0.0941. The molecule has 2 amide bonds. The van der Waals surface area contributed by atoms with E-state index in [-0.39, 0.29) is 11.4 Å². The molecule has 0 bridgehead atoms. The van der Waals surface area contributed by atoms with Gasteiger partial charge in [0.1, 0.15) is 0 Å². The Morgan fingerprint density at radius 2 is 1.70 bits per heavy atom. The van der Waals surface area contributed by atoms with Crippen molar-refractivity contribution >= 4 is 27.5 Å². The number of likely N-dealkylation sites (N-methyl/N-ethyl adjacent to an activating group) is 1. The highest BCUT2D eigenvalue weighted by atomic mass is 32.2. The van der Waals surface area contributed by atoms with Crippen molar-refractivity contribution in [3.05, 3.63) is 73.1 Å². The lowest BCUT2D eigenvalue weighted by molar-refractivity contribution is -0.124. The normalized spacial score (nSPS) is 11.3. The number of nitrogens with one attached hydrogen (secondary N) is 2. The van der Waals surface area contributed by atoms with Crippen molar-refractivity contribution in [2.45, 2.75) is 4.90 Å². The molecule has 10 heteroatoms. The second-order valence-corrected chi connectivity index (χ2v) is 8.44. The van der Waals surface area contributed by atoms with Crippen LogP contribution in [0.25, 0.3) is 5.69 Å². The first kappa shape index (κ1) is 21.2. The SMILES string of the molecule is CN(CC(=O)NCC(=O)Nc1ccc(-n2cccn2)cc1)S(=O)(=O)c1ccccc1. The molecule has 0 fully saturated rings. The van der Waals surface area contributed by atoms with E-state index < -0.39 is 28.4 Å². The van der Waals surface area contributed by atoms with Gasteiger partial charge in [-0.05, 0) is 42.5 Å². The van der Waals surface area contributed by atoms with Gasteiger partial charge in [0.25, 0.3) is 0 Å². The van der Waals surface area contributed by atoms with E-state index in [0.717, 1.165) is 9.99 Å². The van der Waals surface area contributed by atoms with Crippen molar-refractivity contribution in [3.8, 4) is 5.69 Å². The van der Waals surface area contributed by atoms with Crippen LogP contribution in [0.2, 0.25) is 0 Å². The quantitative estimate of drug-likeness (QED) is 0.562. The summed E-state index contributed by atoms with van der Waals surface area (Å²) in [7, 11) is -2.47. The van der Waals surface area contributed by atoms with Gasteiger partial charge >= 0.3 is 0 Å². The van der Waals surface area contributed by atoms with Crippen LogP contribution in [0.5, 0.6) is 0 Å². The van der Waals surface area contributed by atoms with E-state index in [0.29, 0.717) is 5.69 Å². The van der Waals surface area contributed by atoms with Crippen LogP contribution < -0.4 is 10.6 Å². The van der Waals surface area contributed by atoms with Crippen LogP contribution in [0.3, 0.4) is 0 Å². The van der Waals surface area contributed by atoms with Crippen LogP contribution in [0.4, 0.5) is 5.69 Å². The molecule has 3 aromatic rings.